The van der Waals surface area contributed by atoms with Crippen molar-refractivity contribution in [1.29, 1.82) is 0 Å². The molecule has 2 aromatic rings. The Kier molecular flexibility index (Phi) is 5.98. The van der Waals surface area contributed by atoms with E-state index in [9.17, 15) is 4.79 Å². The van der Waals surface area contributed by atoms with Crippen LogP contribution < -0.4 is 5.43 Å². The van der Waals surface area contributed by atoms with Crippen LogP contribution in [0.1, 0.15) is 35.2 Å². The number of aliphatic imine (C=N–C) groups is 1. The maximum Gasteiger partial charge on any atom is 0.265 e. The molecular formula is C24H29N5OS. The first-order valence-electron chi connectivity index (χ1n) is 11.2. The Labute approximate surface area is 188 Å². The van der Waals surface area contributed by atoms with E-state index in [1.807, 2.05) is 23.2 Å². The van der Waals surface area contributed by atoms with E-state index >= 15 is 0 Å². The van der Waals surface area contributed by atoms with E-state index in [4.69, 9.17) is 4.99 Å². The second-order valence-electron chi connectivity index (χ2n) is 8.50. The number of piperidine rings is 1. The summed E-state index contributed by atoms with van der Waals surface area (Å²) in [6, 6.07) is 14.4. The maximum atomic E-state index is 12.9. The highest BCUT2D eigenvalue weighted by Gasteiger charge is 2.25. The van der Waals surface area contributed by atoms with Gasteiger partial charge in [-0.15, -0.1) is 0 Å². The summed E-state index contributed by atoms with van der Waals surface area (Å²) in [5.41, 5.74) is 5.79. The Bertz CT molecular complexity index is 993. The fraction of sp³-hybridized carbons (Fsp3) is 0.417. The van der Waals surface area contributed by atoms with Crippen molar-refractivity contribution in [3.05, 3.63) is 53.6 Å². The van der Waals surface area contributed by atoms with E-state index in [1.165, 1.54) is 16.9 Å². The summed E-state index contributed by atoms with van der Waals surface area (Å²) in [7, 11) is 2.17. The molecule has 0 bridgehead atoms. The quantitative estimate of drug-likeness (QED) is 0.781. The number of carbonyl (C=O) groups is 1. The zero-order chi connectivity index (χ0) is 21.2. The minimum absolute atomic E-state index is 0.0483. The van der Waals surface area contributed by atoms with Gasteiger partial charge in [0.15, 0.2) is 0 Å². The first-order valence-corrected chi connectivity index (χ1v) is 12.0. The average Bonchev–Trinajstić information content (AvgIpc) is 2.96. The Morgan fingerprint density at radius 1 is 0.935 bits per heavy atom. The van der Waals surface area contributed by atoms with Crippen molar-refractivity contribution in [3.63, 3.8) is 0 Å². The summed E-state index contributed by atoms with van der Waals surface area (Å²) in [4.78, 5) is 25.1. The number of amides is 1. The van der Waals surface area contributed by atoms with E-state index in [-0.39, 0.29) is 5.91 Å². The van der Waals surface area contributed by atoms with Crippen LogP contribution in [0.25, 0.3) is 0 Å². The van der Waals surface area contributed by atoms with Crippen molar-refractivity contribution in [2.75, 3.05) is 46.3 Å². The number of rotatable bonds is 2. The highest BCUT2D eigenvalue weighted by molar-refractivity contribution is 7.99. The highest BCUT2D eigenvalue weighted by atomic mass is 32.2. The topological polar surface area (TPSA) is 51.2 Å². The summed E-state index contributed by atoms with van der Waals surface area (Å²) in [6.07, 6.45) is 3.52. The highest BCUT2D eigenvalue weighted by Crippen LogP contribution is 2.41. The molecule has 2 aromatic carbocycles. The van der Waals surface area contributed by atoms with Crippen LogP contribution in [0.2, 0.25) is 0 Å². The number of likely N-dealkylation sites (N-methyl/N-ethyl adjacent to an activating group) is 1. The fourth-order valence-corrected chi connectivity index (χ4v) is 5.34. The van der Waals surface area contributed by atoms with Crippen molar-refractivity contribution in [2.45, 2.75) is 29.1 Å². The molecule has 6 nitrogen and oxygen atoms in total. The number of hydrogen-bond donors (Lipinski definition) is 1. The molecule has 0 unspecified atom stereocenters. The van der Waals surface area contributed by atoms with E-state index < -0.39 is 0 Å². The second kappa shape index (κ2) is 9.02. The summed E-state index contributed by atoms with van der Waals surface area (Å²) < 4.78 is 0. The molecular weight excluding hydrogens is 406 g/mol. The van der Waals surface area contributed by atoms with E-state index in [0.717, 1.165) is 68.5 Å². The van der Waals surface area contributed by atoms with Gasteiger partial charge in [-0.1, -0.05) is 36.4 Å². The Morgan fingerprint density at radius 2 is 1.71 bits per heavy atom. The Hall–Kier alpha value is -2.35. The zero-order valence-electron chi connectivity index (χ0n) is 18.0. The summed E-state index contributed by atoms with van der Waals surface area (Å²) >= 11 is 1.73. The summed E-state index contributed by atoms with van der Waals surface area (Å²) in [5, 5.41) is 2.04. The lowest BCUT2D eigenvalue weighted by Crippen LogP contribution is -2.47. The lowest BCUT2D eigenvalue weighted by molar-refractivity contribution is 0.0750. The number of hydrogen-bond acceptors (Lipinski definition) is 6. The van der Waals surface area contributed by atoms with Crippen molar-refractivity contribution >= 4 is 29.2 Å². The molecule has 0 radical (unpaired) electrons. The lowest BCUT2D eigenvalue weighted by atomic mass is 10.1. The normalized spacial score (nSPS) is 19.8. The number of hydrazine groups is 1. The molecule has 31 heavy (non-hydrogen) atoms. The maximum absolute atomic E-state index is 12.9. The van der Waals surface area contributed by atoms with Crippen molar-refractivity contribution < 1.29 is 4.79 Å². The number of nitrogens with zero attached hydrogens (tertiary/aromatic N) is 4. The van der Waals surface area contributed by atoms with Gasteiger partial charge >= 0.3 is 0 Å². The van der Waals surface area contributed by atoms with Crippen molar-refractivity contribution in [3.8, 4) is 0 Å². The lowest BCUT2D eigenvalue weighted by Gasteiger charge is -2.34. The third-order valence-electron chi connectivity index (χ3n) is 6.21. The van der Waals surface area contributed by atoms with Gasteiger partial charge in [0, 0.05) is 60.2 Å². The van der Waals surface area contributed by atoms with Gasteiger partial charge < -0.3 is 9.80 Å². The van der Waals surface area contributed by atoms with Crippen LogP contribution in [-0.4, -0.2) is 72.9 Å². The number of piperazine rings is 1. The molecule has 1 N–H and O–H groups in total. The molecule has 7 heteroatoms. The van der Waals surface area contributed by atoms with Gasteiger partial charge in [0.25, 0.3) is 5.91 Å². The van der Waals surface area contributed by atoms with Crippen LogP contribution in [0.3, 0.4) is 0 Å². The van der Waals surface area contributed by atoms with Gasteiger partial charge in [0.2, 0.25) is 0 Å². The van der Waals surface area contributed by atoms with Crippen LogP contribution in [-0.2, 0) is 0 Å². The molecule has 0 atom stereocenters. The number of nitrogens with one attached hydrogen (secondary N) is 1. The van der Waals surface area contributed by atoms with Crippen LogP contribution in [0.15, 0.2) is 57.2 Å². The van der Waals surface area contributed by atoms with Crippen LogP contribution in [0, 0.1) is 0 Å². The van der Waals surface area contributed by atoms with Gasteiger partial charge in [-0.2, -0.15) is 0 Å². The number of fused-ring (bicyclic) bond motifs is 2. The van der Waals surface area contributed by atoms with Crippen LogP contribution in [0.5, 0.6) is 0 Å². The molecule has 2 fully saturated rings. The van der Waals surface area contributed by atoms with E-state index in [0.29, 0.717) is 5.56 Å². The molecule has 0 aromatic heterocycles. The number of carbonyl (C=O) groups excluding carboxylic acids is 1. The van der Waals surface area contributed by atoms with Crippen molar-refractivity contribution in [2.24, 2.45) is 4.99 Å². The zero-order valence-corrected chi connectivity index (χ0v) is 18.8. The van der Waals surface area contributed by atoms with Gasteiger partial charge in [0.05, 0.1) is 5.69 Å². The van der Waals surface area contributed by atoms with E-state index in [2.05, 4.69) is 46.5 Å². The molecule has 3 aliphatic heterocycles. The molecule has 2 saturated heterocycles. The predicted octanol–water partition coefficient (Wildman–Crippen LogP) is 3.61. The predicted molar refractivity (Wildman–Crippen MR) is 125 cm³/mol. The third kappa shape index (κ3) is 4.49. The van der Waals surface area contributed by atoms with Crippen LogP contribution >= 0.6 is 11.8 Å². The molecule has 1 amide bonds. The minimum atomic E-state index is -0.0483. The molecule has 0 aliphatic carbocycles. The Balaban J connectivity index is 1.47. The van der Waals surface area contributed by atoms with Gasteiger partial charge in [-0.25, -0.2) is 10.0 Å². The summed E-state index contributed by atoms with van der Waals surface area (Å²) in [6.45, 7) is 5.82. The van der Waals surface area contributed by atoms with Gasteiger partial charge in [-0.3, -0.25) is 10.2 Å². The molecule has 0 spiro atoms. The monoisotopic (exact) mass is 435 g/mol. The third-order valence-corrected chi connectivity index (χ3v) is 7.35. The summed E-state index contributed by atoms with van der Waals surface area (Å²) in [5.74, 6) is 0.969. The molecule has 0 saturated carbocycles. The first kappa shape index (κ1) is 20.5. The SMILES string of the molecule is CN1CCN(C2=Nc3cc(C(=O)NN4CCCCC4)ccc3Sc3ccccc32)CC1. The van der Waals surface area contributed by atoms with Gasteiger partial charge in [-0.05, 0) is 44.2 Å². The first-order chi connectivity index (χ1) is 15.2. The number of amidine groups is 1. The van der Waals surface area contributed by atoms with Crippen LogP contribution in [0.4, 0.5) is 5.69 Å². The standard InChI is InChI=1S/C24H29N5OS/c1-27-13-15-28(16-14-27)23-19-7-3-4-8-21(19)31-22-10-9-18(17-20(22)25-23)24(30)26-29-11-5-2-6-12-29/h3-4,7-10,17H,2,5-6,11-16H2,1H3,(H,26,30). The molecule has 162 valence electrons. The van der Waals surface area contributed by atoms with Gasteiger partial charge in [0.1, 0.15) is 5.84 Å². The van der Waals surface area contributed by atoms with Crippen molar-refractivity contribution in [1.82, 2.24) is 20.2 Å². The van der Waals surface area contributed by atoms with E-state index in [1.54, 1.807) is 11.8 Å². The fourth-order valence-electron chi connectivity index (χ4n) is 4.34. The average molecular weight is 436 g/mol. The smallest absolute Gasteiger partial charge is 0.265 e. The minimum Gasteiger partial charge on any atom is -0.354 e. The second-order valence-corrected chi connectivity index (χ2v) is 9.58. The number of benzene rings is 2. The molecule has 5 rings (SSSR count). The molecule has 3 heterocycles. The largest absolute Gasteiger partial charge is 0.354 e. The Morgan fingerprint density at radius 3 is 2.52 bits per heavy atom. The molecule has 3 aliphatic rings.